The van der Waals surface area contributed by atoms with Crippen LogP contribution in [-0.4, -0.2) is 22.8 Å². The zero-order chi connectivity index (χ0) is 17.8. The summed E-state index contributed by atoms with van der Waals surface area (Å²) in [7, 11) is 0. The average molecular weight is 343 g/mol. The maximum absolute atomic E-state index is 12.5. The number of nitro groups is 1. The quantitative estimate of drug-likeness (QED) is 0.639. The normalized spacial score (nSPS) is 14.2. The minimum absolute atomic E-state index is 0.156. The number of carbonyl (C=O) groups is 2. The number of anilines is 1. The Bertz CT molecular complexity index is 808. The van der Waals surface area contributed by atoms with E-state index in [9.17, 15) is 19.7 Å². The molecule has 8 nitrogen and oxygen atoms in total. The molecule has 2 aromatic rings. The van der Waals surface area contributed by atoms with Crippen molar-refractivity contribution in [3.05, 3.63) is 57.8 Å². The molecule has 0 spiro atoms. The number of benzene rings is 1. The van der Waals surface area contributed by atoms with E-state index in [1.807, 2.05) is 0 Å². The predicted octanol–water partition coefficient (Wildman–Crippen LogP) is 3.11. The van der Waals surface area contributed by atoms with Crippen molar-refractivity contribution < 1.29 is 18.9 Å². The highest BCUT2D eigenvalue weighted by Gasteiger charge is 2.22. The Balaban J connectivity index is 1.74. The molecular weight excluding hydrogens is 326 g/mol. The standard InChI is InChI=1S/C17H17N3O5/c21-16(18-11-5-1-2-6-11)12-7-3-4-8-13(12)19-17(22)14-9-10-15(25-14)20(23)24/h3-4,7-11H,1-2,5-6H2,(H,18,21)(H,19,22). The van der Waals surface area contributed by atoms with Gasteiger partial charge in [0.2, 0.25) is 0 Å². The highest BCUT2D eigenvalue weighted by Crippen LogP contribution is 2.22. The largest absolute Gasteiger partial charge is 0.433 e. The molecule has 1 heterocycles. The van der Waals surface area contributed by atoms with E-state index < -0.39 is 16.7 Å². The van der Waals surface area contributed by atoms with Crippen LogP contribution in [0.2, 0.25) is 0 Å². The second-order valence-electron chi connectivity index (χ2n) is 5.85. The molecule has 0 atom stereocenters. The Labute approximate surface area is 143 Å². The van der Waals surface area contributed by atoms with E-state index in [4.69, 9.17) is 4.42 Å². The van der Waals surface area contributed by atoms with E-state index in [0.29, 0.717) is 11.3 Å². The van der Waals surface area contributed by atoms with Crippen molar-refractivity contribution in [2.24, 2.45) is 0 Å². The maximum Gasteiger partial charge on any atom is 0.433 e. The molecule has 1 aromatic carbocycles. The smallest absolute Gasteiger partial charge is 0.395 e. The van der Waals surface area contributed by atoms with E-state index in [1.54, 1.807) is 24.3 Å². The first kappa shape index (κ1) is 16.7. The van der Waals surface area contributed by atoms with Gasteiger partial charge in [0.1, 0.15) is 4.92 Å². The molecule has 130 valence electrons. The summed E-state index contributed by atoms with van der Waals surface area (Å²) in [5, 5.41) is 16.2. The molecule has 1 fully saturated rings. The summed E-state index contributed by atoms with van der Waals surface area (Å²) in [6.45, 7) is 0. The van der Waals surface area contributed by atoms with Crippen LogP contribution in [0.1, 0.15) is 46.6 Å². The number of para-hydroxylation sites is 1. The van der Waals surface area contributed by atoms with E-state index in [2.05, 4.69) is 10.6 Å². The number of hydrogen-bond acceptors (Lipinski definition) is 5. The third kappa shape index (κ3) is 3.85. The van der Waals surface area contributed by atoms with Gasteiger partial charge >= 0.3 is 5.88 Å². The molecule has 0 saturated heterocycles. The second kappa shape index (κ2) is 7.16. The van der Waals surface area contributed by atoms with Gasteiger partial charge in [0, 0.05) is 6.04 Å². The molecule has 0 bridgehead atoms. The van der Waals surface area contributed by atoms with Crippen LogP contribution in [-0.2, 0) is 0 Å². The topological polar surface area (TPSA) is 114 Å². The van der Waals surface area contributed by atoms with Crippen LogP contribution in [0, 0.1) is 10.1 Å². The molecule has 2 amide bonds. The Morgan fingerprint density at radius 2 is 1.80 bits per heavy atom. The summed E-state index contributed by atoms with van der Waals surface area (Å²) in [5.41, 5.74) is 0.658. The van der Waals surface area contributed by atoms with Crippen LogP contribution < -0.4 is 10.6 Å². The zero-order valence-electron chi connectivity index (χ0n) is 13.4. The van der Waals surface area contributed by atoms with Crippen LogP contribution in [0.3, 0.4) is 0 Å². The van der Waals surface area contributed by atoms with Crippen LogP contribution in [0.5, 0.6) is 0 Å². The molecule has 0 aliphatic heterocycles. The molecule has 1 aliphatic carbocycles. The van der Waals surface area contributed by atoms with Gasteiger partial charge in [-0.15, -0.1) is 0 Å². The van der Waals surface area contributed by atoms with E-state index in [0.717, 1.165) is 31.7 Å². The first-order valence-corrected chi connectivity index (χ1v) is 8.00. The number of nitrogens with one attached hydrogen (secondary N) is 2. The lowest BCUT2D eigenvalue weighted by Gasteiger charge is -2.14. The van der Waals surface area contributed by atoms with Gasteiger partial charge in [0.15, 0.2) is 5.76 Å². The van der Waals surface area contributed by atoms with Gasteiger partial charge in [-0.3, -0.25) is 19.7 Å². The van der Waals surface area contributed by atoms with Crippen molar-refractivity contribution in [2.45, 2.75) is 31.7 Å². The monoisotopic (exact) mass is 343 g/mol. The van der Waals surface area contributed by atoms with Crippen LogP contribution in [0.15, 0.2) is 40.8 Å². The number of hydrogen-bond donors (Lipinski definition) is 2. The Hall–Kier alpha value is -3.16. The van der Waals surface area contributed by atoms with Gasteiger partial charge in [-0.1, -0.05) is 25.0 Å². The third-order valence-corrected chi connectivity index (χ3v) is 4.11. The van der Waals surface area contributed by atoms with Gasteiger partial charge in [-0.25, -0.2) is 0 Å². The van der Waals surface area contributed by atoms with E-state index >= 15 is 0 Å². The second-order valence-corrected chi connectivity index (χ2v) is 5.85. The predicted molar refractivity (Wildman–Crippen MR) is 89.5 cm³/mol. The van der Waals surface area contributed by atoms with E-state index in [1.165, 1.54) is 6.07 Å². The molecule has 1 aromatic heterocycles. The summed E-state index contributed by atoms with van der Waals surface area (Å²) in [6, 6.07) is 9.08. The molecule has 0 radical (unpaired) electrons. The lowest BCUT2D eigenvalue weighted by molar-refractivity contribution is -0.402. The number of nitrogens with zero attached hydrogens (tertiary/aromatic N) is 1. The van der Waals surface area contributed by atoms with Crippen molar-refractivity contribution >= 4 is 23.4 Å². The Kier molecular flexibility index (Phi) is 4.78. The fourth-order valence-corrected chi connectivity index (χ4v) is 2.86. The minimum Gasteiger partial charge on any atom is -0.395 e. The lowest BCUT2D eigenvalue weighted by atomic mass is 10.1. The highest BCUT2D eigenvalue weighted by molar-refractivity contribution is 6.08. The summed E-state index contributed by atoms with van der Waals surface area (Å²) in [5.74, 6) is -1.63. The van der Waals surface area contributed by atoms with E-state index in [-0.39, 0.29) is 17.7 Å². The molecular formula is C17H17N3O5. The third-order valence-electron chi connectivity index (χ3n) is 4.11. The summed E-state index contributed by atoms with van der Waals surface area (Å²) in [6.07, 6.45) is 4.11. The Morgan fingerprint density at radius 3 is 2.48 bits per heavy atom. The first-order chi connectivity index (χ1) is 12.0. The van der Waals surface area contributed by atoms with Crippen molar-refractivity contribution in [2.75, 3.05) is 5.32 Å². The summed E-state index contributed by atoms with van der Waals surface area (Å²) in [4.78, 5) is 34.6. The maximum atomic E-state index is 12.5. The molecule has 1 saturated carbocycles. The van der Waals surface area contributed by atoms with Gasteiger partial charge < -0.3 is 15.1 Å². The van der Waals surface area contributed by atoms with Crippen molar-refractivity contribution in [3.63, 3.8) is 0 Å². The average Bonchev–Trinajstić information content (AvgIpc) is 3.27. The van der Waals surface area contributed by atoms with Crippen LogP contribution >= 0.6 is 0 Å². The molecule has 1 aliphatic rings. The van der Waals surface area contributed by atoms with Gasteiger partial charge in [-0.2, -0.15) is 0 Å². The molecule has 3 rings (SSSR count). The van der Waals surface area contributed by atoms with Crippen molar-refractivity contribution in [3.8, 4) is 0 Å². The molecule has 0 unspecified atom stereocenters. The number of rotatable bonds is 5. The number of amides is 2. The number of furan rings is 1. The SMILES string of the molecule is O=C(Nc1ccccc1C(=O)NC1CCCC1)c1ccc([N+](=O)[O-])o1. The molecule has 25 heavy (non-hydrogen) atoms. The van der Waals surface area contributed by atoms with Gasteiger partial charge in [0.05, 0.1) is 17.3 Å². The van der Waals surface area contributed by atoms with Crippen LogP contribution in [0.25, 0.3) is 0 Å². The molecule has 8 heteroatoms. The minimum atomic E-state index is -0.722. The zero-order valence-corrected chi connectivity index (χ0v) is 13.4. The first-order valence-electron chi connectivity index (χ1n) is 8.00. The molecule has 2 N–H and O–H groups in total. The fraction of sp³-hybridized carbons (Fsp3) is 0.294. The highest BCUT2D eigenvalue weighted by atomic mass is 16.6. The lowest BCUT2D eigenvalue weighted by Crippen LogP contribution is -2.33. The fourth-order valence-electron chi connectivity index (χ4n) is 2.86. The van der Waals surface area contributed by atoms with Crippen molar-refractivity contribution in [1.29, 1.82) is 0 Å². The van der Waals surface area contributed by atoms with Crippen molar-refractivity contribution in [1.82, 2.24) is 5.32 Å². The Morgan fingerprint density at radius 1 is 1.08 bits per heavy atom. The summed E-state index contributed by atoms with van der Waals surface area (Å²) < 4.78 is 4.88. The van der Waals surface area contributed by atoms with Crippen LogP contribution in [0.4, 0.5) is 11.6 Å². The van der Waals surface area contributed by atoms with Gasteiger partial charge in [0.25, 0.3) is 11.8 Å². The van der Waals surface area contributed by atoms with Gasteiger partial charge in [-0.05, 0) is 31.0 Å². The summed E-state index contributed by atoms with van der Waals surface area (Å²) >= 11 is 0. The number of carbonyl (C=O) groups excluding carboxylic acids is 2.